The molecule has 0 spiro atoms. The van der Waals surface area contributed by atoms with E-state index in [2.05, 4.69) is 30.3 Å². The van der Waals surface area contributed by atoms with Crippen LogP contribution in [0.1, 0.15) is 12.5 Å². The average molecular weight is 240 g/mol. The molecule has 1 aromatic carbocycles. The number of carbonyl (C=O) groups excluding carboxylic acids is 1. The summed E-state index contributed by atoms with van der Waals surface area (Å²) >= 11 is 0. The minimum Gasteiger partial charge on any atom is -0.344 e. The summed E-state index contributed by atoms with van der Waals surface area (Å²) in [5, 5.41) is 3.84. The molecular weight excluding hydrogens is 224 g/mol. The van der Waals surface area contributed by atoms with E-state index in [4.69, 9.17) is 6.42 Å². The van der Waals surface area contributed by atoms with Crippen LogP contribution in [-0.2, 0) is 17.8 Å². The molecule has 2 aromatic rings. The van der Waals surface area contributed by atoms with Gasteiger partial charge in [-0.1, -0.05) is 31.0 Å². The van der Waals surface area contributed by atoms with Crippen molar-refractivity contribution in [1.29, 1.82) is 0 Å². The van der Waals surface area contributed by atoms with Crippen LogP contribution >= 0.6 is 0 Å². The maximum Gasteiger partial charge on any atom is 0.240 e. The van der Waals surface area contributed by atoms with Gasteiger partial charge in [-0.05, 0) is 23.4 Å². The topological polar surface area (TPSA) is 34.0 Å². The second-order valence-electron chi connectivity index (χ2n) is 4.13. The first kappa shape index (κ1) is 12.3. The Balaban J connectivity index is 2.29. The summed E-state index contributed by atoms with van der Waals surface area (Å²) in [6.07, 6.45) is 8.01. The van der Waals surface area contributed by atoms with Gasteiger partial charge in [0.1, 0.15) is 6.54 Å². The molecule has 0 aliphatic heterocycles. The monoisotopic (exact) mass is 240 g/mol. The first-order valence-corrected chi connectivity index (χ1v) is 6.03. The number of hydrogen-bond acceptors (Lipinski definition) is 1. The van der Waals surface area contributed by atoms with E-state index in [9.17, 15) is 4.79 Å². The molecular formula is C15H16N2O. The Morgan fingerprint density at radius 3 is 3.00 bits per heavy atom. The predicted octanol–water partition coefficient (Wildman–Crippen LogP) is 1.95. The Hall–Kier alpha value is -2.21. The first-order chi connectivity index (χ1) is 8.76. The number of carbonyl (C=O) groups is 1. The minimum absolute atomic E-state index is 0.0589. The first-order valence-electron chi connectivity index (χ1n) is 6.03. The molecule has 0 aliphatic carbocycles. The SMILES string of the molecule is C#CCNC(=O)Cn1ccc2cccc(CC)c21. The number of amides is 1. The maximum atomic E-state index is 11.7. The Bertz CT molecular complexity index is 604. The summed E-state index contributed by atoms with van der Waals surface area (Å²) in [6, 6.07) is 8.23. The normalized spacial score (nSPS) is 10.2. The smallest absolute Gasteiger partial charge is 0.240 e. The predicted molar refractivity (Wildman–Crippen MR) is 73.2 cm³/mol. The highest BCUT2D eigenvalue weighted by Crippen LogP contribution is 2.20. The third-order valence-corrected chi connectivity index (χ3v) is 2.95. The molecule has 1 N–H and O–H groups in total. The summed E-state index contributed by atoms with van der Waals surface area (Å²) in [4.78, 5) is 11.7. The highest BCUT2D eigenvalue weighted by Gasteiger charge is 2.08. The van der Waals surface area contributed by atoms with Crippen LogP contribution in [0.3, 0.4) is 0 Å². The van der Waals surface area contributed by atoms with Gasteiger partial charge >= 0.3 is 0 Å². The van der Waals surface area contributed by atoms with E-state index < -0.39 is 0 Å². The van der Waals surface area contributed by atoms with Crippen molar-refractivity contribution in [3.8, 4) is 12.3 Å². The Kier molecular flexibility index (Phi) is 3.69. The Morgan fingerprint density at radius 2 is 2.28 bits per heavy atom. The molecule has 0 saturated carbocycles. The van der Waals surface area contributed by atoms with Gasteiger partial charge in [0.05, 0.1) is 12.1 Å². The fourth-order valence-corrected chi connectivity index (χ4v) is 2.12. The van der Waals surface area contributed by atoms with Crippen LogP contribution in [-0.4, -0.2) is 17.0 Å². The highest BCUT2D eigenvalue weighted by atomic mass is 16.1. The van der Waals surface area contributed by atoms with Crippen LogP contribution in [0.25, 0.3) is 10.9 Å². The Morgan fingerprint density at radius 1 is 1.44 bits per heavy atom. The molecule has 0 saturated heterocycles. The van der Waals surface area contributed by atoms with Crippen molar-refractivity contribution < 1.29 is 4.79 Å². The number of aryl methyl sites for hydroxylation is 1. The van der Waals surface area contributed by atoms with Gasteiger partial charge in [-0.15, -0.1) is 6.42 Å². The summed E-state index contributed by atoms with van der Waals surface area (Å²) < 4.78 is 1.97. The summed E-state index contributed by atoms with van der Waals surface area (Å²) in [5.74, 6) is 2.34. The largest absolute Gasteiger partial charge is 0.344 e. The van der Waals surface area contributed by atoms with Crippen LogP contribution in [0.5, 0.6) is 0 Å². The van der Waals surface area contributed by atoms with Gasteiger partial charge in [-0.2, -0.15) is 0 Å². The van der Waals surface area contributed by atoms with E-state index in [1.54, 1.807) is 0 Å². The molecule has 1 aromatic heterocycles. The van der Waals surface area contributed by atoms with Gasteiger partial charge in [-0.3, -0.25) is 4.79 Å². The molecule has 3 nitrogen and oxygen atoms in total. The molecule has 18 heavy (non-hydrogen) atoms. The van der Waals surface area contributed by atoms with Crippen LogP contribution in [0.15, 0.2) is 30.5 Å². The third-order valence-electron chi connectivity index (χ3n) is 2.95. The number of aromatic nitrogens is 1. The minimum atomic E-state index is -0.0589. The molecule has 1 amide bonds. The van der Waals surface area contributed by atoms with Crippen molar-refractivity contribution >= 4 is 16.8 Å². The lowest BCUT2D eigenvalue weighted by atomic mass is 10.1. The highest BCUT2D eigenvalue weighted by molar-refractivity contribution is 5.85. The van der Waals surface area contributed by atoms with Crippen molar-refractivity contribution in [2.75, 3.05) is 6.54 Å². The third kappa shape index (κ3) is 2.38. The van der Waals surface area contributed by atoms with Crippen molar-refractivity contribution in [3.05, 3.63) is 36.0 Å². The lowest BCUT2D eigenvalue weighted by molar-refractivity contribution is -0.121. The number of terminal acetylenes is 1. The van der Waals surface area contributed by atoms with E-state index in [0.29, 0.717) is 6.54 Å². The van der Waals surface area contributed by atoms with Gasteiger partial charge in [0.15, 0.2) is 0 Å². The zero-order valence-corrected chi connectivity index (χ0v) is 10.4. The fraction of sp³-hybridized carbons (Fsp3) is 0.267. The van der Waals surface area contributed by atoms with Crippen molar-refractivity contribution in [3.63, 3.8) is 0 Å². The van der Waals surface area contributed by atoms with E-state index in [1.165, 1.54) is 10.9 Å². The molecule has 1 heterocycles. The van der Waals surface area contributed by atoms with E-state index >= 15 is 0 Å². The van der Waals surface area contributed by atoms with Crippen molar-refractivity contribution in [2.45, 2.75) is 19.9 Å². The second kappa shape index (κ2) is 5.42. The number of hydrogen-bond donors (Lipinski definition) is 1. The van der Waals surface area contributed by atoms with Crippen molar-refractivity contribution in [1.82, 2.24) is 9.88 Å². The number of rotatable bonds is 4. The molecule has 0 bridgehead atoms. The van der Waals surface area contributed by atoms with Crippen molar-refractivity contribution in [2.24, 2.45) is 0 Å². The summed E-state index contributed by atoms with van der Waals surface area (Å²) in [7, 11) is 0. The molecule has 92 valence electrons. The zero-order valence-electron chi connectivity index (χ0n) is 10.4. The molecule has 0 unspecified atom stereocenters. The molecule has 0 radical (unpaired) electrons. The lowest BCUT2D eigenvalue weighted by Crippen LogP contribution is -2.27. The van der Waals surface area contributed by atoms with Crippen LogP contribution in [0, 0.1) is 12.3 Å². The Labute approximate surface area is 107 Å². The van der Waals surface area contributed by atoms with Crippen LogP contribution in [0.4, 0.5) is 0 Å². The van der Waals surface area contributed by atoms with Gasteiger partial charge < -0.3 is 9.88 Å². The fourth-order valence-electron chi connectivity index (χ4n) is 2.12. The standard InChI is InChI=1S/C15H16N2O/c1-3-9-16-14(18)11-17-10-8-13-7-5-6-12(4-2)15(13)17/h1,5-8,10H,4,9,11H2,2H3,(H,16,18). The molecule has 3 heteroatoms. The van der Waals surface area contributed by atoms with E-state index in [0.717, 1.165) is 11.9 Å². The number of fused-ring (bicyclic) bond motifs is 1. The molecule has 0 aliphatic rings. The molecule has 0 atom stereocenters. The summed E-state index contributed by atoms with van der Waals surface area (Å²) in [6.45, 7) is 2.70. The maximum absolute atomic E-state index is 11.7. The van der Waals surface area contributed by atoms with Gasteiger partial charge in [0.2, 0.25) is 5.91 Å². The zero-order chi connectivity index (χ0) is 13.0. The number of nitrogens with zero attached hydrogens (tertiary/aromatic N) is 1. The molecule has 2 rings (SSSR count). The number of nitrogens with one attached hydrogen (secondary N) is 1. The quantitative estimate of drug-likeness (QED) is 0.814. The lowest BCUT2D eigenvalue weighted by Gasteiger charge is -2.08. The number of benzene rings is 1. The van der Waals surface area contributed by atoms with E-state index in [-0.39, 0.29) is 12.5 Å². The van der Waals surface area contributed by atoms with E-state index in [1.807, 2.05) is 22.9 Å². The number of para-hydroxylation sites is 1. The second-order valence-corrected chi connectivity index (χ2v) is 4.13. The molecule has 0 fully saturated rings. The average Bonchev–Trinajstić information content (AvgIpc) is 2.79. The van der Waals surface area contributed by atoms with Crippen LogP contribution in [0.2, 0.25) is 0 Å². The van der Waals surface area contributed by atoms with Gasteiger partial charge in [-0.25, -0.2) is 0 Å². The van der Waals surface area contributed by atoms with Gasteiger partial charge in [0.25, 0.3) is 0 Å². The van der Waals surface area contributed by atoms with Gasteiger partial charge in [0, 0.05) is 6.20 Å². The summed E-state index contributed by atoms with van der Waals surface area (Å²) in [5.41, 5.74) is 2.39. The van der Waals surface area contributed by atoms with Crippen LogP contribution < -0.4 is 5.32 Å².